The van der Waals surface area contributed by atoms with Crippen molar-refractivity contribution in [3.8, 4) is 0 Å². The zero-order valence-electron chi connectivity index (χ0n) is 12.9. The maximum absolute atomic E-state index is 11.4. The van der Waals surface area contributed by atoms with Crippen LogP contribution in [0.15, 0.2) is 0 Å². The predicted molar refractivity (Wildman–Crippen MR) is 86.6 cm³/mol. The maximum Gasteiger partial charge on any atom is 0.346 e. The Hall–Kier alpha value is -1.69. The van der Waals surface area contributed by atoms with Gasteiger partial charge in [-0.1, -0.05) is 13.8 Å². The number of fused-ring (bicyclic) bond motifs is 1. The van der Waals surface area contributed by atoms with Gasteiger partial charge in [-0.25, -0.2) is 14.8 Å². The molecule has 0 aliphatic rings. The normalized spacial score (nSPS) is 11.0. The number of aromatic nitrogens is 2. The lowest BCUT2D eigenvalue weighted by atomic mass is 10.2. The molecule has 0 aliphatic heterocycles. The van der Waals surface area contributed by atoms with Gasteiger partial charge in [-0.15, -0.1) is 11.3 Å². The Bertz CT molecular complexity index is 660. The van der Waals surface area contributed by atoms with Crippen LogP contribution >= 0.6 is 11.3 Å². The fourth-order valence-corrected chi connectivity index (χ4v) is 3.58. The van der Waals surface area contributed by atoms with E-state index in [1.165, 1.54) is 11.3 Å². The van der Waals surface area contributed by atoms with Crippen LogP contribution in [0.25, 0.3) is 10.2 Å². The maximum atomic E-state index is 11.4. The first-order valence-electron chi connectivity index (χ1n) is 7.25. The average molecular weight is 307 g/mol. The molecule has 2 heterocycles. The van der Waals surface area contributed by atoms with E-state index < -0.39 is 5.97 Å². The molecule has 0 aromatic carbocycles. The topological polar surface area (TPSA) is 66.3 Å². The number of aromatic carboxylic acids is 1. The fourth-order valence-electron chi connectivity index (χ4n) is 2.52. The second kappa shape index (κ2) is 6.39. The van der Waals surface area contributed by atoms with E-state index >= 15 is 0 Å². The Labute approximate surface area is 128 Å². The number of nitrogens with zero attached hydrogens (tertiary/aromatic N) is 3. The summed E-state index contributed by atoms with van der Waals surface area (Å²) in [5.74, 6) is 0.673. The number of thiophene rings is 1. The van der Waals surface area contributed by atoms with Crippen LogP contribution in [0.2, 0.25) is 0 Å². The molecule has 0 bridgehead atoms. The molecule has 114 valence electrons. The molecule has 0 saturated heterocycles. The van der Waals surface area contributed by atoms with Crippen LogP contribution in [0, 0.1) is 13.8 Å². The molecule has 5 nitrogen and oxygen atoms in total. The second-order valence-electron chi connectivity index (χ2n) is 5.12. The Kier molecular flexibility index (Phi) is 4.77. The predicted octanol–water partition coefficient (Wildman–Crippen LogP) is 3.63. The minimum atomic E-state index is -0.892. The lowest BCUT2D eigenvalue weighted by molar-refractivity contribution is 0.0701. The van der Waals surface area contributed by atoms with Gasteiger partial charge in [-0.3, -0.25) is 0 Å². The third-order valence-corrected chi connectivity index (χ3v) is 4.54. The van der Waals surface area contributed by atoms with E-state index in [4.69, 9.17) is 0 Å². The Morgan fingerprint density at radius 1 is 1.19 bits per heavy atom. The minimum Gasteiger partial charge on any atom is -0.477 e. The van der Waals surface area contributed by atoms with E-state index in [0.29, 0.717) is 10.7 Å². The van der Waals surface area contributed by atoms with Crippen LogP contribution in [0.1, 0.15) is 47.7 Å². The third-order valence-electron chi connectivity index (χ3n) is 3.36. The number of hydrogen-bond donors (Lipinski definition) is 1. The van der Waals surface area contributed by atoms with Crippen molar-refractivity contribution in [2.75, 3.05) is 18.0 Å². The second-order valence-corrected chi connectivity index (χ2v) is 6.12. The number of rotatable bonds is 6. The molecule has 0 amide bonds. The lowest BCUT2D eigenvalue weighted by Crippen LogP contribution is -2.26. The van der Waals surface area contributed by atoms with E-state index in [9.17, 15) is 9.90 Å². The highest BCUT2D eigenvalue weighted by molar-refractivity contribution is 7.20. The van der Waals surface area contributed by atoms with Crippen molar-refractivity contribution < 1.29 is 9.90 Å². The first-order chi connectivity index (χ1) is 9.99. The highest BCUT2D eigenvalue weighted by Gasteiger charge is 2.21. The summed E-state index contributed by atoms with van der Waals surface area (Å²) in [5.41, 5.74) is 0.773. The van der Waals surface area contributed by atoms with Crippen molar-refractivity contribution in [1.82, 2.24) is 9.97 Å². The summed E-state index contributed by atoms with van der Waals surface area (Å²) in [6.07, 6.45) is 2.05. The number of aryl methyl sites for hydroxylation is 2. The van der Waals surface area contributed by atoms with Crippen LogP contribution in [0.3, 0.4) is 0 Å². The first kappa shape index (κ1) is 15.7. The third kappa shape index (κ3) is 3.00. The largest absolute Gasteiger partial charge is 0.477 e. The summed E-state index contributed by atoms with van der Waals surface area (Å²) in [4.78, 5) is 23.7. The molecule has 0 radical (unpaired) electrons. The van der Waals surface area contributed by atoms with Gasteiger partial charge in [0.1, 0.15) is 21.3 Å². The lowest BCUT2D eigenvalue weighted by Gasteiger charge is -2.23. The summed E-state index contributed by atoms with van der Waals surface area (Å²) < 4.78 is 0. The van der Waals surface area contributed by atoms with Gasteiger partial charge in [0.05, 0.1) is 5.39 Å². The van der Waals surface area contributed by atoms with Crippen LogP contribution in [-0.2, 0) is 0 Å². The Morgan fingerprint density at radius 3 is 2.33 bits per heavy atom. The molecular formula is C15H21N3O2S. The van der Waals surface area contributed by atoms with Gasteiger partial charge >= 0.3 is 5.97 Å². The summed E-state index contributed by atoms with van der Waals surface area (Å²) >= 11 is 1.24. The van der Waals surface area contributed by atoms with Gasteiger partial charge in [0.25, 0.3) is 0 Å². The highest BCUT2D eigenvalue weighted by Crippen LogP contribution is 2.35. The average Bonchev–Trinajstić information content (AvgIpc) is 2.75. The van der Waals surface area contributed by atoms with Crippen molar-refractivity contribution >= 4 is 33.3 Å². The molecule has 0 saturated carbocycles. The highest BCUT2D eigenvalue weighted by atomic mass is 32.1. The molecule has 2 aromatic heterocycles. The molecule has 0 unspecified atom stereocenters. The molecule has 2 aromatic rings. The summed E-state index contributed by atoms with van der Waals surface area (Å²) in [7, 11) is 0. The van der Waals surface area contributed by atoms with Gasteiger partial charge in [0, 0.05) is 13.1 Å². The van der Waals surface area contributed by atoms with Crippen LogP contribution < -0.4 is 4.90 Å². The first-order valence-corrected chi connectivity index (χ1v) is 8.07. The van der Waals surface area contributed by atoms with E-state index in [1.807, 2.05) is 13.8 Å². The number of carbonyl (C=O) groups is 1. The monoisotopic (exact) mass is 307 g/mol. The Morgan fingerprint density at radius 2 is 1.81 bits per heavy atom. The van der Waals surface area contributed by atoms with Crippen LogP contribution in [0.5, 0.6) is 0 Å². The SMILES string of the molecule is CCCN(CCC)c1nc(C)nc2sc(C(=O)O)c(C)c12. The molecule has 21 heavy (non-hydrogen) atoms. The van der Waals surface area contributed by atoms with Crippen LogP contribution in [0.4, 0.5) is 5.82 Å². The van der Waals surface area contributed by atoms with E-state index in [2.05, 4.69) is 28.7 Å². The number of carboxylic acids is 1. The van der Waals surface area contributed by atoms with E-state index in [-0.39, 0.29) is 0 Å². The molecule has 0 atom stereocenters. The molecular weight excluding hydrogens is 286 g/mol. The summed E-state index contributed by atoms with van der Waals surface area (Å²) in [6.45, 7) is 9.80. The van der Waals surface area contributed by atoms with E-state index in [1.54, 1.807) is 0 Å². The van der Waals surface area contributed by atoms with Gasteiger partial charge < -0.3 is 10.0 Å². The smallest absolute Gasteiger partial charge is 0.346 e. The van der Waals surface area contributed by atoms with Gasteiger partial charge in [-0.2, -0.15) is 0 Å². The van der Waals surface area contributed by atoms with Gasteiger partial charge in [-0.05, 0) is 32.3 Å². The molecule has 0 spiro atoms. The van der Waals surface area contributed by atoms with E-state index in [0.717, 1.165) is 47.5 Å². The molecule has 0 fully saturated rings. The van der Waals surface area contributed by atoms with Crippen molar-refractivity contribution in [2.24, 2.45) is 0 Å². The zero-order valence-corrected chi connectivity index (χ0v) is 13.8. The van der Waals surface area contributed by atoms with Crippen molar-refractivity contribution in [3.05, 3.63) is 16.3 Å². The van der Waals surface area contributed by atoms with Crippen LogP contribution in [-0.4, -0.2) is 34.1 Å². The molecule has 1 N–H and O–H groups in total. The standard InChI is InChI=1S/C15H21N3O2S/c1-5-7-18(8-6-2)13-11-9(3)12(15(19)20)21-14(11)17-10(4)16-13/h5-8H2,1-4H3,(H,19,20). The fraction of sp³-hybridized carbons (Fsp3) is 0.533. The molecule has 2 rings (SSSR count). The summed E-state index contributed by atoms with van der Waals surface area (Å²) in [6, 6.07) is 0. The number of hydrogen-bond acceptors (Lipinski definition) is 5. The van der Waals surface area contributed by atoms with Gasteiger partial charge in [0.2, 0.25) is 0 Å². The summed E-state index contributed by atoms with van der Waals surface area (Å²) in [5, 5.41) is 10.2. The zero-order chi connectivity index (χ0) is 15.6. The van der Waals surface area contributed by atoms with Crippen molar-refractivity contribution in [3.63, 3.8) is 0 Å². The molecule has 6 heteroatoms. The molecule has 0 aliphatic carbocycles. The quantitative estimate of drug-likeness (QED) is 0.882. The minimum absolute atomic E-state index is 0.360. The Balaban J connectivity index is 2.68. The number of anilines is 1. The van der Waals surface area contributed by atoms with Crippen molar-refractivity contribution in [1.29, 1.82) is 0 Å². The number of carboxylic acid groups (broad SMARTS) is 1. The van der Waals surface area contributed by atoms with Crippen molar-refractivity contribution in [2.45, 2.75) is 40.5 Å². The van der Waals surface area contributed by atoms with Gasteiger partial charge in [0.15, 0.2) is 0 Å².